The number of halogens is 2. The quantitative estimate of drug-likeness (QED) is 0.788. The molecule has 1 aromatic rings. The Labute approximate surface area is 95.6 Å². The van der Waals surface area contributed by atoms with Crippen LogP contribution < -0.4 is 0 Å². The van der Waals surface area contributed by atoms with Gasteiger partial charge < -0.3 is 5.11 Å². The number of thioether (sulfide) groups is 1. The minimum absolute atomic E-state index is 0.155. The predicted octanol–water partition coefficient (Wildman–Crippen LogP) is 2.41. The topological polar surface area (TPSA) is 55.1 Å². The molecule has 1 rings (SSSR count). The van der Waals surface area contributed by atoms with Gasteiger partial charge in [0.25, 0.3) is 6.43 Å². The van der Waals surface area contributed by atoms with Crippen LogP contribution in [0.5, 0.6) is 0 Å². The van der Waals surface area contributed by atoms with Crippen molar-refractivity contribution in [2.45, 2.75) is 31.3 Å². The average molecular weight is 250 g/mol. The summed E-state index contributed by atoms with van der Waals surface area (Å²) in [7, 11) is 0. The molecular formula is C9H12F2N2O2S. The number of aryl methyl sites for hydroxylation is 1. The molecule has 7 heteroatoms. The van der Waals surface area contributed by atoms with Crippen LogP contribution in [0.4, 0.5) is 8.78 Å². The Morgan fingerprint density at radius 1 is 1.69 bits per heavy atom. The molecule has 0 fully saturated rings. The third-order valence-electron chi connectivity index (χ3n) is 1.76. The fraction of sp³-hybridized carbons (Fsp3) is 0.556. The van der Waals surface area contributed by atoms with Gasteiger partial charge in [0.2, 0.25) is 0 Å². The Kier molecular flexibility index (Phi) is 4.72. The van der Waals surface area contributed by atoms with Crippen LogP contribution in [0, 0.1) is 0 Å². The molecule has 0 saturated heterocycles. The fourth-order valence-corrected chi connectivity index (χ4v) is 1.91. The second kappa shape index (κ2) is 5.83. The summed E-state index contributed by atoms with van der Waals surface area (Å²) < 4.78 is 26.2. The maximum atomic E-state index is 12.4. The van der Waals surface area contributed by atoms with E-state index in [1.165, 1.54) is 10.7 Å². The van der Waals surface area contributed by atoms with Crippen LogP contribution >= 0.6 is 11.8 Å². The minimum atomic E-state index is -2.62. The van der Waals surface area contributed by atoms with Gasteiger partial charge in [0.15, 0.2) is 0 Å². The Balaban J connectivity index is 2.82. The summed E-state index contributed by atoms with van der Waals surface area (Å²) in [5, 5.41) is 12.7. The van der Waals surface area contributed by atoms with E-state index < -0.39 is 12.4 Å². The van der Waals surface area contributed by atoms with Crippen molar-refractivity contribution in [2.75, 3.05) is 5.75 Å². The van der Waals surface area contributed by atoms with Crippen LogP contribution in [0.1, 0.15) is 25.5 Å². The molecule has 0 unspecified atom stereocenters. The minimum Gasteiger partial charge on any atom is -0.481 e. The lowest BCUT2D eigenvalue weighted by molar-refractivity contribution is -0.133. The van der Waals surface area contributed by atoms with Crippen molar-refractivity contribution in [1.29, 1.82) is 0 Å². The van der Waals surface area contributed by atoms with Crippen LogP contribution in [0.2, 0.25) is 0 Å². The third-order valence-corrected chi connectivity index (χ3v) is 2.78. The Hall–Kier alpha value is -1.11. The van der Waals surface area contributed by atoms with Gasteiger partial charge in [0.05, 0.1) is 10.8 Å². The van der Waals surface area contributed by atoms with Crippen molar-refractivity contribution in [2.24, 2.45) is 0 Å². The standard InChI is InChI=1S/C9H12F2N2O2S/c1-2-3-13-7(16-5-8(14)15)4-6(12-13)9(10)11/h4,9H,2-3,5H2,1H3,(H,14,15). The van der Waals surface area contributed by atoms with Crippen molar-refractivity contribution < 1.29 is 18.7 Å². The fourth-order valence-electron chi connectivity index (χ4n) is 1.15. The molecule has 16 heavy (non-hydrogen) atoms. The number of alkyl halides is 2. The Morgan fingerprint density at radius 3 is 2.88 bits per heavy atom. The highest BCUT2D eigenvalue weighted by Crippen LogP contribution is 2.25. The number of rotatable bonds is 6. The number of nitrogens with zero attached hydrogens (tertiary/aromatic N) is 2. The first-order chi connectivity index (χ1) is 7.54. The van der Waals surface area contributed by atoms with Gasteiger partial charge in [-0.05, 0) is 12.5 Å². The number of hydrogen-bond donors (Lipinski definition) is 1. The van der Waals surface area contributed by atoms with Crippen LogP contribution in [0.3, 0.4) is 0 Å². The number of aliphatic carboxylic acids is 1. The number of hydrogen-bond acceptors (Lipinski definition) is 3. The van der Waals surface area contributed by atoms with E-state index in [0.717, 1.165) is 18.2 Å². The summed E-state index contributed by atoms with van der Waals surface area (Å²) in [4.78, 5) is 10.4. The van der Waals surface area contributed by atoms with E-state index in [4.69, 9.17) is 5.11 Å². The van der Waals surface area contributed by atoms with Crippen LogP contribution in [0.15, 0.2) is 11.1 Å². The molecule has 0 aliphatic rings. The molecule has 0 amide bonds. The molecule has 0 bridgehead atoms. The maximum absolute atomic E-state index is 12.4. The summed E-state index contributed by atoms with van der Waals surface area (Å²) in [5.41, 5.74) is -0.304. The summed E-state index contributed by atoms with van der Waals surface area (Å²) in [6.07, 6.45) is -1.87. The van der Waals surface area contributed by atoms with E-state index in [0.29, 0.717) is 11.6 Å². The number of aromatic nitrogens is 2. The molecule has 1 aromatic heterocycles. The first-order valence-corrected chi connectivity index (χ1v) is 5.73. The van der Waals surface area contributed by atoms with Crippen molar-refractivity contribution in [3.63, 3.8) is 0 Å². The molecule has 0 aromatic carbocycles. The summed E-state index contributed by atoms with van der Waals surface area (Å²) in [5.74, 6) is -1.13. The molecule has 0 aliphatic carbocycles. The zero-order chi connectivity index (χ0) is 12.1. The molecular weight excluding hydrogens is 238 g/mol. The van der Waals surface area contributed by atoms with Gasteiger partial charge in [-0.1, -0.05) is 18.7 Å². The normalized spacial score (nSPS) is 11.0. The molecule has 0 atom stereocenters. The van der Waals surface area contributed by atoms with Crippen LogP contribution in [-0.4, -0.2) is 26.6 Å². The Morgan fingerprint density at radius 2 is 2.38 bits per heavy atom. The third kappa shape index (κ3) is 3.48. The average Bonchev–Trinajstić information content (AvgIpc) is 2.59. The van der Waals surface area contributed by atoms with Gasteiger partial charge in [-0.25, -0.2) is 8.78 Å². The van der Waals surface area contributed by atoms with Crippen molar-refractivity contribution >= 4 is 17.7 Å². The molecule has 4 nitrogen and oxygen atoms in total. The summed E-state index contributed by atoms with van der Waals surface area (Å²) >= 11 is 1.00. The van der Waals surface area contributed by atoms with Gasteiger partial charge >= 0.3 is 5.97 Å². The molecule has 1 heterocycles. The zero-order valence-electron chi connectivity index (χ0n) is 8.69. The van der Waals surface area contributed by atoms with Gasteiger partial charge in [0.1, 0.15) is 5.69 Å². The first kappa shape index (κ1) is 13.0. The Bertz CT molecular complexity index is 368. The summed E-state index contributed by atoms with van der Waals surface area (Å²) in [6.45, 7) is 2.41. The van der Waals surface area contributed by atoms with Gasteiger partial charge in [0, 0.05) is 6.54 Å². The van der Waals surface area contributed by atoms with Gasteiger partial charge in [-0.15, -0.1) is 0 Å². The SMILES string of the molecule is CCCn1nc(C(F)F)cc1SCC(=O)O. The monoisotopic (exact) mass is 250 g/mol. The summed E-state index contributed by atoms with van der Waals surface area (Å²) in [6, 6.07) is 1.24. The van der Waals surface area contributed by atoms with E-state index >= 15 is 0 Å². The second-order valence-corrected chi connectivity index (χ2v) is 4.11. The zero-order valence-corrected chi connectivity index (χ0v) is 9.51. The molecule has 0 spiro atoms. The smallest absolute Gasteiger partial charge is 0.313 e. The van der Waals surface area contributed by atoms with Crippen molar-refractivity contribution in [1.82, 2.24) is 9.78 Å². The lowest BCUT2D eigenvalue weighted by Crippen LogP contribution is -2.04. The number of carboxylic acid groups (broad SMARTS) is 1. The van der Waals surface area contributed by atoms with E-state index in [2.05, 4.69) is 5.10 Å². The van der Waals surface area contributed by atoms with Gasteiger partial charge in [-0.3, -0.25) is 9.48 Å². The van der Waals surface area contributed by atoms with E-state index in [-0.39, 0.29) is 11.4 Å². The van der Waals surface area contributed by atoms with E-state index in [9.17, 15) is 13.6 Å². The molecule has 0 saturated carbocycles. The van der Waals surface area contributed by atoms with E-state index in [1.54, 1.807) is 0 Å². The maximum Gasteiger partial charge on any atom is 0.313 e. The van der Waals surface area contributed by atoms with Crippen LogP contribution in [-0.2, 0) is 11.3 Å². The van der Waals surface area contributed by atoms with Crippen LogP contribution in [0.25, 0.3) is 0 Å². The molecule has 0 aliphatic heterocycles. The second-order valence-electron chi connectivity index (χ2n) is 3.11. The molecule has 0 radical (unpaired) electrons. The first-order valence-electron chi connectivity index (χ1n) is 4.75. The van der Waals surface area contributed by atoms with Gasteiger partial charge in [-0.2, -0.15) is 5.10 Å². The highest BCUT2D eigenvalue weighted by molar-refractivity contribution is 7.99. The highest BCUT2D eigenvalue weighted by Gasteiger charge is 2.16. The predicted molar refractivity (Wildman–Crippen MR) is 55.8 cm³/mol. The lowest BCUT2D eigenvalue weighted by Gasteiger charge is -2.03. The van der Waals surface area contributed by atoms with Crippen molar-refractivity contribution in [3.8, 4) is 0 Å². The molecule has 90 valence electrons. The molecule has 1 N–H and O–H groups in total. The number of carbonyl (C=O) groups is 1. The largest absolute Gasteiger partial charge is 0.481 e. The number of carboxylic acids is 1. The van der Waals surface area contributed by atoms with E-state index in [1.807, 2.05) is 6.92 Å². The highest BCUT2D eigenvalue weighted by atomic mass is 32.2. The lowest BCUT2D eigenvalue weighted by atomic mass is 10.4. The van der Waals surface area contributed by atoms with Crippen molar-refractivity contribution in [3.05, 3.63) is 11.8 Å².